The first-order valence-corrected chi connectivity index (χ1v) is 9.16. The largest absolute Gasteiger partial charge is 0.497 e. The van der Waals surface area contributed by atoms with Gasteiger partial charge in [-0.25, -0.2) is 4.39 Å². The van der Waals surface area contributed by atoms with Crippen LogP contribution in [-0.4, -0.2) is 34.6 Å². The molecule has 1 amide bonds. The van der Waals surface area contributed by atoms with Gasteiger partial charge in [-0.3, -0.25) is 4.79 Å². The molecular formula is C21H20FN3O3. The van der Waals surface area contributed by atoms with Crippen molar-refractivity contribution in [1.82, 2.24) is 15.0 Å². The number of rotatable bonds is 5. The molecule has 1 aliphatic heterocycles. The van der Waals surface area contributed by atoms with Gasteiger partial charge in [0.05, 0.1) is 13.5 Å². The van der Waals surface area contributed by atoms with Crippen LogP contribution in [0.4, 0.5) is 4.39 Å². The average Bonchev–Trinajstić information content (AvgIpc) is 3.39. The molecule has 4 rings (SSSR count). The predicted octanol–water partition coefficient (Wildman–Crippen LogP) is 3.79. The highest BCUT2D eigenvalue weighted by atomic mass is 19.1. The first kappa shape index (κ1) is 18.2. The number of methoxy groups -OCH3 is 1. The van der Waals surface area contributed by atoms with E-state index in [-0.39, 0.29) is 24.2 Å². The summed E-state index contributed by atoms with van der Waals surface area (Å²) in [5.41, 5.74) is 1.60. The molecule has 0 saturated carbocycles. The van der Waals surface area contributed by atoms with E-state index in [4.69, 9.17) is 9.26 Å². The summed E-state index contributed by atoms with van der Waals surface area (Å²) in [5.74, 6) is 1.33. The van der Waals surface area contributed by atoms with Crippen molar-refractivity contribution in [3.63, 3.8) is 0 Å². The predicted molar refractivity (Wildman–Crippen MR) is 100 cm³/mol. The molecule has 2 heterocycles. The highest BCUT2D eigenvalue weighted by Gasteiger charge is 2.34. The molecule has 144 valence electrons. The number of carbonyl (C=O) groups excluding carboxylic acids is 1. The first-order valence-electron chi connectivity index (χ1n) is 9.16. The maximum absolute atomic E-state index is 13.1. The van der Waals surface area contributed by atoms with Gasteiger partial charge in [0, 0.05) is 12.1 Å². The number of hydrogen-bond donors (Lipinski definition) is 0. The van der Waals surface area contributed by atoms with E-state index >= 15 is 0 Å². The fraction of sp³-hybridized carbons (Fsp3) is 0.286. The standard InChI is InChI=1S/C21H20FN3O3/c1-27-17-10-6-15(7-11-17)20-23-21(28-24-20)18-3-2-12-25(18)19(26)13-14-4-8-16(22)9-5-14/h4-11,18H,2-3,12-13H2,1H3/t18-/m0/s1. The van der Waals surface area contributed by atoms with E-state index in [0.717, 1.165) is 29.7 Å². The van der Waals surface area contributed by atoms with Crippen molar-refractivity contribution in [3.8, 4) is 17.1 Å². The Morgan fingerprint density at radius 1 is 1.21 bits per heavy atom. The highest BCUT2D eigenvalue weighted by molar-refractivity contribution is 5.79. The monoisotopic (exact) mass is 381 g/mol. The molecule has 1 fully saturated rings. The van der Waals surface area contributed by atoms with E-state index in [0.29, 0.717) is 18.3 Å². The molecule has 0 bridgehead atoms. The van der Waals surface area contributed by atoms with E-state index in [1.807, 2.05) is 24.3 Å². The van der Waals surface area contributed by atoms with Crippen LogP contribution in [0.1, 0.15) is 30.3 Å². The van der Waals surface area contributed by atoms with Crippen molar-refractivity contribution in [3.05, 3.63) is 65.8 Å². The topological polar surface area (TPSA) is 68.5 Å². The molecular weight excluding hydrogens is 361 g/mol. The number of aromatic nitrogens is 2. The van der Waals surface area contributed by atoms with E-state index in [1.165, 1.54) is 12.1 Å². The van der Waals surface area contributed by atoms with Crippen LogP contribution in [0.25, 0.3) is 11.4 Å². The van der Waals surface area contributed by atoms with Gasteiger partial charge in [0.25, 0.3) is 0 Å². The zero-order valence-corrected chi connectivity index (χ0v) is 15.5. The number of nitrogens with zero attached hydrogens (tertiary/aromatic N) is 3. The molecule has 0 radical (unpaired) electrons. The third kappa shape index (κ3) is 3.74. The lowest BCUT2D eigenvalue weighted by Gasteiger charge is -2.21. The minimum atomic E-state index is -0.313. The van der Waals surface area contributed by atoms with Crippen molar-refractivity contribution < 1.29 is 18.4 Å². The van der Waals surface area contributed by atoms with Gasteiger partial charge in [-0.15, -0.1) is 0 Å². The number of likely N-dealkylation sites (tertiary alicyclic amines) is 1. The van der Waals surface area contributed by atoms with E-state index in [1.54, 1.807) is 24.1 Å². The van der Waals surface area contributed by atoms with Crippen molar-refractivity contribution in [2.24, 2.45) is 0 Å². The zero-order chi connectivity index (χ0) is 19.5. The number of halogens is 1. The third-order valence-electron chi connectivity index (χ3n) is 4.92. The quantitative estimate of drug-likeness (QED) is 0.673. The Morgan fingerprint density at radius 2 is 1.96 bits per heavy atom. The SMILES string of the molecule is COc1ccc(-c2noc([C@@H]3CCCN3C(=O)Cc3ccc(F)cc3)n2)cc1. The maximum Gasteiger partial charge on any atom is 0.249 e. The van der Waals surface area contributed by atoms with Gasteiger partial charge in [-0.2, -0.15) is 4.98 Å². The molecule has 1 aromatic heterocycles. The van der Waals surface area contributed by atoms with Crippen molar-refractivity contribution in [2.75, 3.05) is 13.7 Å². The van der Waals surface area contributed by atoms with E-state index in [2.05, 4.69) is 10.1 Å². The second kappa shape index (κ2) is 7.80. The lowest BCUT2D eigenvalue weighted by molar-refractivity contribution is -0.131. The molecule has 1 atom stereocenters. The van der Waals surface area contributed by atoms with Crippen LogP contribution in [0, 0.1) is 5.82 Å². The molecule has 3 aromatic rings. The fourth-order valence-corrected chi connectivity index (χ4v) is 3.43. The maximum atomic E-state index is 13.1. The van der Waals surface area contributed by atoms with Crippen LogP contribution in [0.2, 0.25) is 0 Å². The second-order valence-electron chi connectivity index (χ2n) is 6.73. The Balaban J connectivity index is 1.49. The zero-order valence-electron chi connectivity index (χ0n) is 15.5. The molecule has 0 unspecified atom stereocenters. The first-order chi connectivity index (χ1) is 13.6. The molecule has 0 spiro atoms. The van der Waals surface area contributed by atoms with Gasteiger partial charge in [-0.05, 0) is 54.8 Å². The summed E-state index contributed by atoms with van der Waals surface area (Å²) >= 11 is 0. The molecule has 2 aromatic carbocycles. The Morgan fingerprint density at radius 3 is 2.68 bits per heavy atom. The highest BCUT2D eigenvalue weighted by Crippen LogP contribution is 2.32. The van der Waals surface area contributed by atoms with Gasteiger partial charge in [0.2, 0.25) is 17.6 Å². The van der Waals surface area contributed by atoms with Crippen LogP contribution in [0.5, 0.6) is 5.75 Å². The second-order valence-corrected chi connectivity index (χ2v) is 6.73. The minimum Gasteiger partial charge on any atom is -0.497 e. The summed E-state index contributed by atoms with van der Waals surface area (Å²) in [7, 11) is 1.61. The lowest BCUT2D eigenvalue weighted by atomic mass is 10.1. The minimum absolute atomic E-state index is 0.0293. The van der Waals surface area contributed by atoms with Crippen LogP contribution in [0.3, 0.4) is 0 Å². The number of carbonyl (C=O) groups is 1. The summed E-state index contributed by atoms with van der Waals surface area (Å²) < 4.78 is 23.7. The number of hydrogen-bond acceptors (Lipinski definition) is 5. The molecule has 0 N–H and O–H groups in total. The number of benzene rings is 2. The summed E-state index contributed by atoms with van der Waals surface area (Å²) in [4.78, 5) is 19.0. The van der Waals surface area contributed by atoms with Gasteiger partial charge < -0.3 is 14.2 Å². The van der Waals surface area contributed by atoms with Crippen LogP contribution >= 0.6 is 0 Å². The van der Waals surface area contributed by atoms with Gasteiger partial charge in [0.15, 0.2) is 0 Å². The molecule has 1 aliphatic rings. The summed E-state index contributed by atoms with van der Waals surface area (Å²) in [6.45, 7) is 0.644. The van der Waals surface area contributed by atoms with Gasteiger partial charge >= 0.3 is 0 Å². The van der Waals surface area contributed by atoms with Crippen molar-refractivity contribution in [2.45, 2.75) is 25.3 Å². The number of amides is 1. The summed E-state index contributed by atoms with van der Waals surface area (Å²) in [6, 6.07) is 13.1. The summed E-state index contributed by atoms with van der Waals surface area (Å²) in [5, 5.41) is 4.07. The van der Waals surface area contributed by atoms with Gasteiger partial charge in [0.1, 0.15) is 17.6 Å². The van der Waals surface area contributed by atoms with Crippen LogP contribution in [-0.2, 0) is 11.2 Å². The smallest absolute Gasteiger partial charge is 0.249 e. The Kier molecular flexibility index (Phi) is 5.06. The van der Waals surface area contributed by atoms with Crippen LogP contribution < -0.4 is 4.74 Å². The lowest BCUT2D eigenvalue weighted by Crippen LogP contribution is -2.32. The van der Waals surface area contributed by atoms with Gasteiger partial charge in [-0.1, -0.05) is 17.3 Å². The third-order valence-corrected chi connectivity index (χ3v) is 4.92. The number of ether oxygens (including phenoxy) is 1. The van der Waals surface area contributed by atoms with E-state index < -0.39 is 0 Å². The molecule has 28 heavy (non-hydrogen) atoms. The van der Waals surface area contributed by atoms with Crippen molar-refractivity contribution in [1.29, 1.82) is 0 Å². The Hall–Kier alpha value is -3.22. The molecule has 6 nitrogen and oxygen atoms in total. The molecule has 1 saturated heterocycles. The van der Waals surface area contributed by atoms with Crippen LogP contribution in [0.15, 0.2) is 53.1 Å². The Bertz CT molecular complexity index is 954. The molecule has 7 heteroatoms. The van der Waals surface area contributed by atoms with E-state index in [9.17, 15) is 9.18 Å². The summed E-state index contributed by atoms with van der Waals surface area (Å²) in [6.07, 6.45) is 1.87. The Labute approximate surface area is 161 Å². The normalized spacial score (nSPS) is 16.4. The fourth-order valence-electron chi connectivity index (χ4n) is 3.43. The molecule has 0 aliphatic carbocycles. The van der Waals surface area contributed by atoms with Crippen molar-refractivity contribution >= 4 is 5.91 Å². The average molecular weight is 381 g/mol.